The highest BCUT2D eigenvalue weighted by atomic mass is 79.9. The van der Waals surface area contributed by atoms with Crippen LogP contribution in [0.25, 0.3) is 0 Å². The minimum Gasteiger partial charge on any atom is -0.391 e. The Morgan fingerprint density at radius 1 is 1.47 bits per heavy atom. The monoisotopic (exact) mass is 319 g/mol. The van der Waals surface area contributed by atoms with Crippen LogP contribution in [0.15, 0.2) is 15.9 Å². The van der Waals surface area contributed by atoms with E-state index in [-0.39, 0.29) is 17.7 Å². The number of hydrogen-bond donors (Lipinski definition) is 2. The zero-order valence-electron chi connectivity index (χ0n) is 10.2. The molecule has 2 N–H and O–H groups in total. The Labute approximate surface area is 114 Å². The van der Waals surface area contributed by atoms with E-state index in [1.165, 1.54) is 0 Å². The molecular weight excluding hydrogens is 302 g/mol. The second-order valence-corrected chi connectivity index (χ2v) is 6.91. The van der Waals surface area contributed by atoms with Crippen LogP contribution in [-0.2, 0) is 4.79 Å². The average Bonchev–Trinajstić information content (AvgIpc) is 2.70. The second kappa shape index (κ2) is 6.52. The molecule has 96 valence electrons. The first-order chi connectivity index (χ1) is 7.91. The first-order valence-electron chi connectivity index (χ1n) is 5.62. The van der Waals surface area contributed by atoms with E-state index in [4.69, 9.17) is 0 Å². The number of nitrogens with one attached hydrogen (secondary N) is 1. The molecule has 5 heteroatoms. The van der Waals surface area contributed by atoms with Gasteiger partial charge >= 0.3 is 0 Å². The van der Waals surface area contributed by atoms with E-state index in [1.54, 1.807) is 11.3 Å². The van der Waals surface area contributed by atoms with Gasteiger partial charge in [0, 0.05) is 11.4 Å². The fourth-order valence-corrected chi connectivity index (χ4v) is 2.76. The van der Waals surface area contributed by atoms with E-state index in [0.29, 0.717) is 6.54 Å². The third-order valence-corrected chi connectivity index (χ3v) is 4.48. The van der Waals surface area contributed by atoms with Crippen molar-refractivity contribution in [2.75, 3.05) is 6.54 Å². The lowest BCUT2D eigenvalue weighted by atomic mass is 10.1. The molecule has 17 heavy (non-hydrogen) atoms. The SMILES string of the molecule is CC(C(=O)NCC(O)C(C)C)c1ccc(Br)s1. The van der Waals surface area contributed by atoms with E-state index in [9.17, 15) is 9.90 Å². The maximum Gasteiger partial charge on any atom is 0.228 e. The summed E-state index contributed by atoms with van der Waals surface area (Å²) in [7, 11) is 0. The standard InChI is InChI=1S/C12H18BrNO2S/c1-7(2)9(15)6-14-12(16)8(3)10-4-5-11(13)17-10/h4-5,7-9,15H,6H2,1-3H3,(H,14,16). The molecule has 2 unspecified atom stereocenters. The van der Waals surface area contributed by atoms with Crippen LogP contribution in [-0.4, -0.2) is 23.7 Å². The summed E-state index contributed by atoms with van der Waals surface area (Å²) in [6, 6.07) is 3.88. The molecule has 2 atom stereocenters. The Bertz CT molecular complexity index is 378. The molecule has 0 fully saturated rings. The number of carbonyl (C=O) groups excluding carboxylic acids is 1. The van der Waals surface area contributed by atoms with Crippen LogP contribution in [0.4, 0.5) is 0 Å². The molecule has 1 amide bonds. The van der Waals surface area contributed by atoms with Crippen LogP contribution in [0.5, 0.6) is 0 Å². The fourth-order valence-electron chi connectivity index (χ4n) is 1.28. The van der Waals surface area contributed by atoms with Crippen LogP contribution in [0.2, 0.25) is 0 Å². The van der Waals surface area contributed by atoms with Crippen molar-refractivity contribution in [2.45, 2.75) is 32.8 Å². The highest BCUT2D eigenvalue weighted by Gasteiger charge is 2.18. The molecule has 1 aromatic heterocycles. The molecule has 0 spiro atoms. The molecular formula is C12H18BrNO2S. The molecule has 0 saturated heterocycles. The van der Waals surface area contributed by atoms with Gasteiger partial charge in [0.15, 0.2) is 0 Å². The summed E-state index contributed by atoms with van der Waals surface area (Å²) < 4.78 is 1.02. The summed E-state index contributed by atoms with van der Waals surface area (Å²) in [6.07, 6.45) is -0.485. The number of halogens is 1. The molecule has 0 aliphatic carbocycles. The molecule has 1 heterocycles. The van der Waals surface area contributed by atoms with Gasteiger partial charge < -0.3 is 10.4 Å². The first-order valence-corrected chi connectivity index (χ1v) is 7.23. The van der Waals surface area contributed by atoms with Gasteiger partial charge in [-0.25, -0.2) is 0 Å². The first kappa shape index (κ1) is 14.7. The Kier molecular flexibility index (Phi) is 5.62. The highest BCUT2D eigenvalue weighted by Crippen LogP contribution is 2.28. The third kappa shape index (κ3) is 4.41. The molecule has 0 saturated carbocycles. The number of aliphatic hydroxyl groups is 1. The Hall–Kier alpha value is -0.390. The molecule has 0 aliphatic heterocycles. The van der Waals surface area contributed by atoms with Crippen LogP contribution in [0.1, 0.15) is 31.6 Å². The van der Waals surface area contributed by atoms with E-state index < -0.39 is 6.10 Å². The molecule has 1 aromatic rings. The summed E-state index contributed by atoms with van der Waals surface area (Å²) in [4.78, 5) is 12.9. The summed E-state index contributed by atoms with van der Waals surface area (Å²) in [5, 5.41) is 12.4. The Balaban J connectivity index is 2.48. The van der Waals surface area contributed by atoms with Gasteiger partial charge in [0.25, 0.3) is 0 Å². The predicted octanol–water partition coefficient (Wildman–Crippen LogP) is 2.75. The number of aliphatic hydroxyl groups excluding tert-OH is 1. The molecule has 1 rings (SSSR count). The third-order valence-electron chi connectivity index (χ3n) is 2.67. The van der Waals surface area contributed by atoms with E-state index in [2.05, 4.69) is 21.2 Å². The van der Waals surface area contributed by atoms with Gasteiger partial charge in [-0.05, 0) is 40.9 Å². The van der Waals surface area contributed by atoms with Gasteiger partial charge in [-0.3, -0.25) is 4.79 Å². The highest BCUT2D eigenvalue weighted by molar-refractivity contribution is 9.11. The van der Waals surface area contributed by atoms with Gasteiger partial charge in [0.1, 0.15) is 0 Å². The second-order valence-electron chi connectivity index (χ2n) is 4.42. The van der Waals surface area contributed by atoms with Gasteiger partial charge in [0.05, 0.1) is 15.8 Å². The van der Waals surface area contributed by atoms with Crippen molar-refractivity contribution in [3.63, 3.8) is 0 Å². The minimum absolute atomic E-state index is 0.0425. The zero-order valence-corrected chi connectivity index (χ0v) is 12.6. The summed E-state index contributed by atoms with van der Waals surface area (Å²) >= 11 is 4.94. The average molecular weight is 320 g/mol. The number of amides is 1. The van der Waals surface area contributed by atoms with Crippen molar-refractivity contribution in [1.82, 2.24) is 5.32 Å². The summed E-state index contributed by atoms with van der Waals surface area (Å²) in [5.74, 6) is -0.0637. The number of carbonyl (C=O) groups is 1. The number of hydrogen-bond acceptors (Lipinski definition) is 3. The van der Waals surface area contributed by atoms with Gasteiger partial charge in [-0.15, -0.1) is 11.3 Å². The van der Waals surface area contributed by atoms with Gasteiger partial charge in [-0.1, -0.05) is 13.8 Å². The van der Waals surface area contributed by atoms with Crippen molar-refractivity contribution >= 4 is 33.2 Å². The topological polar surface area (TPSA) is 49.3 Å². The van der Waals surface area contributed by atoms with Gasteiger partial charge in [0.2, 0.25) is 5.91 Å². The predicted molar refractivity (Wildman–Crippen MR) is 74.3 cm³/mol. The molecule has 0 aliphatic rings. The fraction of sp³-hybridized carbons (Fsp3) is 0.583. The Morgan fingerprint density at radius 3 is 2.59 bits per heavy atom. The lowest BCUT2D eigenvalue weighted by Gasteiger charge is -2.16. The van der Waals surface area contributed by atoms with E-state index >= 15 is 0 Å². The largest absolute Gasteiger partial charge is 0.391 e. The quantitative estimate of drug-likeness (QED) is 0.876. The van der Waals surface area contributed by atoms with Crippen LogP contribution >= 0.6 is 27.3 Å². The van der Waals surface area contributed by atoms with E-state index in [0.717, 1.165) is 8.66 Å². The van der Waals surface area contributed by atoms with Crippen LogP contribution in [0, 0.1) is 5.92 Å². The lowest BCUT2D eigenvalue weighted by Crippen LogP contribution is -2.36. The van der Waals surface area contributed by atoms with Crippen molar-refractivity contribution in [3.05, 3.63) is 20.8 Å². The van der Waals surface area contributed by atoms with Crippen molar-refractivity contribution in [3.8, 4) is 0 Å². The Morgan fingerprint density at radius 2 is 2.12 bits per heavy atom. The van der Waals surface area contributed by atoms with Crippen LogP contribution < -0.4 is 5.32 Å². The smallest absolute Gasteiger partial charge is 0.228 e. The molecule has 0 aromatic carbocycles. The molecule has 0 bridgehead atoms. The zero-order chi connectivity index (χ0) is 13.0. The van der Waals surface area contributed by atoms with Crippen molar-refractivity contribution in [2.24, 2.45) is 5.92 Å². The van der Waals surface area contributed by atoms with Crippen LogP contribution in [0.3, 0.4) is 0 Å². The number of rotatable bonds is 5. The van der Waals surface area contributed by atoms with Crippen molar-refractivity contribution < 1.29 is 9.90 Å². The van der Waals surface area contributed by atoms with E-state index in [1.807, 2.05) is 32.9 Å². The maximum absolute atomic E-state index is 11.8. The van der Waals surface area contributed by atoms with Crippen molar-refractivity contribution in [1.29, 1.82) is 0 Å². The number of thiophene rings is 1. The molecule has 3 nitrogen and oxygen atoms in total. The molecule has 0 radical (unpaired) electrons. The lowest BCUT2D eigenvalue weighted by molar-refractivity contribution is -0.122. The normalized spacial score (nSPS) is 14.7. The summed E-state index contributed by atoms with van der Waals surface area (Å²) in [6.45, 7) is 6.04. The maximum atomic E-state index is 11.8. The summed E-state index contributed by atoms with van der Waals surface area (Å²) in [5.41, 5.74) is 0. The minimum atomic E-state index is -0.485. The van der Waals surface area contributed by atoms with Gasteiger partial charge in [-0.2, -0.15) is 0 Å².